The first-order chi connectivity index (χ1) is 8.99. The van der Waals surface area contributed by atoms with E-state index in [0.717, 1.165) is 5.82 Å². The Morgan fingerprint density at radius 2 is 2.11 bits per heavy atom. The molecule has 6 nitrogen and oxygen atoms in total. The van der Waals surface area contributed by atoms with Crippen molar-refractivity contribution >= 4 is 11.5 Å². The second-order valence-electron chi connectivity index (χ2n) is 5.15. The molecule has 0 aliphatic heterocycles. The SMILES string of the molecule is CNc1cn2ccnc2c(OCCOC(C)(C)C)n1. The van der Waals surface area contributed by atoms with Crippen LogP contribution >= 0.6 is 0 Å². The number of ether oxygens (including phenoxy) is 2. The Labute approximate surface area is 112 Å². The van der Waals surface area contributed by atoms with Crippen molar-refractivity contribution in [3.05, 3.63) is 18.6 Å². The summed E-state index contributed by atoms with van der Waals surface area (Å²) in [6.07, 6.45) is 5.44. The normalized spacial score (nSPS) is 11.8. The van der Waals surface area contributed by atoms with Gasteiger partial charge in [0.15, 0.2) is 0 Å². The number of hydrogen-bond donors (Lipinski definition) is 1. The van der Waals surface area contributed by atoms with E-state index in [-0.39, 0.29) is 5.60 Å². The summed E-state index contributed by atoms with van der Waals surface area (Å²) in [4.78, 5) is 8.58. The van der Waals surface area contributed by atoms with Gasteiger partial charge in [0, 0.05) is 19.4 Å². The Balaban J connectivity index is 2.05. The average molecular weight is 264 g/mol. The van der Waals surface area contributed by atoms with Gasteiger partial charge in [0.2, 0.25) is 5.65 Å². The summed E-state index contributed by atoms with van der Waals surface area (Å²) in [5.41, 5.74) is 0.543. The van der Waals surface area contributed by atoms with Gasteiger partial charge in [-0.15, -0.1) is 0 Å². The van der Waals surface area contributed by atoms with Crippen molar-refractivity contribution in [2.45, 2.75) is 26.4 Å². The third-order valence-electron chi connectivity index (χ3n) is 2.46. The molecule has 0 saturated carbocycles. The topological polar surface area (TPSA) is 60.7 Å². The van der Waals surface area contributed by atoms with E-state index in [1.807, 2.05) is 44.6 Å². The van der Waals surface area contributed by atoms with Crippen molar-refractivity contribution in [2.24, 2.45) is 0 Å². The van der Waals surface area contributed by atoms with Gasteiger partial charge in [0.05, 0.1) is 18.4 Å². The van der Waals surface area contributed by atoms with Crippen LogP contribution in [0.25, 0.3) is 5.65 Å². The summed E-state index contributed by atoms with van der Waals surface area (Å²) in [7, 11) is 1.82. The molecule has 2 aromatic heterocycles. The van der Waals surface area contributed by atoms with E-state index in [1.54, 1.807) is 6.20 Å². The lowest BCUT2D eigenvalue weighted by atomic mass is 10.2. The molecule has 0 fully saturated rings. The number of anilines is 1. The lowest BCUT2D eigenvalue weighted by molar-refractivity contribution is -0.0166. The zero-order valence-electron chi connectivity index (χ0n) is 11.8. The summed E-state index contributed by atoms with van der Waals surface area (Å²) in [6, 6.07) is 0. The number of nitrogens with zero attached hydrogens (tertiary/aromatic N) is 3. The summed E-state index contributed by atoms with van der Waals surface area (Å²) in [5, 5.41) is 2.99. The third kappa shape index (κ3) is 3.57. The van der Waals surface area contributed by atoms with Gasteiger partial charge in [-0.25, -0.2) is 4.98 Å². The van der Waals surface area contributed by atoms with Gasteiger partial charge in [-0.3, -0.25) is 4.40 Å². The molecule has 0 saturated heterocycles. The molecule has 0 aliphatic carbocycles. The largest absolute Gasteiger partial charge is 0.473 e. The molecule has 104 valence electrons. The second kappa shape index (κ2) is 5.44. The molecule has 1 N–H and O–H groups in total. The monoisotopic (exact) mass is 264 g/mol. The van der Waals surface area contributed by atoms with Crippen LogP contribution in [-0.4, -0.2) is 40.2 Å². The van der Waals surface area contributed by atoms with Gasteiger partial charge >= 0.3 is 0 Å². The maximum absolute atomic E-state index is 5.66. The Hall–Kier alpha value is -1.82. The van der Waals surface area contributed by atoms with Crippen molar-refractivity contribution in [2.75, 3.05) is 25.6 Å². The van der Waals surface area contributed by atoms with Crippen LogP contribution in [0.1, 0.15) is 20.8 Å². The molecule has 0 atom stereocenters. The summed E-state index contributed by atoms with van der Waals surface area (Å²) >= 11 is 0. The summed E-state index contributed by atoms with van der Waals surface area (Å²) in [5.74, 6) is 1.24. The second-order valence-corrected chi connectivity index (χ2v) is 5.15. The minimum Gasteiger partial charge on any atom is -0.473 e. The highest BCUT2D eigenvalue weighted by atomic mass is 16.5. The minimum atomic E-state index is -0.160. The van der Waals surface area contributed by atoms with Crippen LogP contribution in [0, 0.1) is 0 Å². The van der Waals surface area contributed by atoms with Gasteiger partial charge in [0.1, 0.15) is 12.4 Å². The molecule has 0 aliphatic rings. The fourth-order valence-corrected chi connectivity index (χ4v) is 1.61. The van der Waals surface area contributed by atoms with Crippen molar-refractivity contribution in [1.29, 1.82) is 0 Å². The van der Waals surface area contributed by atoms with E-state index in [9.17, 15) is 0 Å². The number of imidazole rings is 1. The summed E-state index contributed by atoms with van der Waals surface area (Å²) in [6.45, 7) is 7.00. The number of rotatable bonds is 5. The van der Waals surface area contributed by atoms with Gasteiger partial charge in [-0.1, -0.05) is 0 Å². The standard InChI is InChI=1S/C13H20N4O2/c1-13(2,3)19-8-7-18-12-11-15-5-6-17(11)9-10(14-4)16-12/h5-6,9,14H,7-8H2,1-4H3. The zero-order valence-corrected chi connectivity index (χ0v) is 11.8. The molecule has 6 heteroatoms. The molecule has 0 bridgehead atoms. The molecule has 2 heterocycles. The van der Waals surface area contributed by atoms with Crippen molar-refractivity contribution in [3.8, 4) is 5.88 Å². The predicted octanol–water partition coefficient (Wildman–Crippen LogP) is 1.96. The average Bonchev–Trinajstić information content (AvgIpc) is 2.81. The Bertz CT molecular complexity index is 545. The zero-order chi connectivity index (χ0) is 13.9. The molecule has 0 amide bonds. The molecule has 0 aromatic carbocycles. The van der Waals surface area contributed by atoms with Gasteiger partial charge in [-0.2, -0.15) is 4.98 Å². The van der Waals surface area contributed by atoms with E-state index >= 15 is 0 Å². The fourth-order valence-electron chi connectivity index (χ4n) is 1.61. The number of aromatic nitrogens is 3. The van der Waals surface area contributed by atoms with E-state index in [1.165, 1.54) is 0 Å². The third-order valence-corrected chi connectivity index (χ3v) is 2.46. The lowest BCUT2D eigenvalue weighted by Crippen LogP contribution is -2.22. The molecule has 2 rings (SSSR count). The van der Waals surface area contributed by atoms with Gasteiger partial charge in [-0.05, 0) is 20.8 Å². The number of nitrogens with one attached hydrogen (secondary N) is 1. The minimum absolute atomic E-state index is 0.160. The highest BCUT2D eigenvalue weighted by Gasteiger charge is 2.11. The van der Waals surface area contributed by atoms with Crippen molar-refractivity contribution < 1.29 is 9.47 Å². The first kappa shape index (κ1) is 13.6. The number of fused-ring (bicyclic) bond motifs is 1. The summed E-state index contributed by atoms with van der Waals surface area (Å²) < 4.78 is 13.1. The van der Waals surface area contributed by atoms with Crippen LogP contribution < -0.4 is 10.1 Å². The maximum Gasteiger partial charge on any atom is 0.260 e. The van der Waals surface area contributed by atoms with Crippen LogP contribution in [0.5, 0.6) is 5.88 Å². The van der Waals surface area contributed by atoms with Crippen LogP contribution in [0.3, 0.4) is 0 Å². The molecule has 0 spiro atoms. The molecular weight excluding hydrogens is 244 g/mol. The smallest absolute Gasteiger partial charge is 0.260 e. The van der Waals surface area contributed by atoms with Crippen LogP contribution in [0.4, 0.5) is 5.82 Å². The Morgan fingerprint density at radius 3 is 2.79 bits per heavy atom. The van der Waals surface area contributed by atoms with E-state index in [0.29, 0.717) is 24.7 Å². The molecule has 0 radical (unpaired) electrons. The fraction of sp³-hybridized carbons (Fsp3) is 0.538. The first-order valence-corrected chi connectivity index (χ1v) is 6.28. The molecule has 0 unspecified atom stereocenters. The van der Waals surface area contributed by atoms with Crippen molar-refractivity contribution in [3.63, 3.8) is 0 Å². The molecular formula is C13H20N4O2. The molecule has 2 aromatic rings. The quantitative estimate of drug-likeness (QED) is 0.837. The maximum atomic E-state index is 5.66. The van der Waals surface area contributed by atoms with E-state index in [2.05, 4.69) is 15.3 Å². The highest BCUT2D eigenvalue weighted by Crippen LogP contribution is 2.18. The highest BCUT2D eigenvalue weighted by molar-refractivity contribution is 5.53. The van der Waals surface area contributed by atoms with E-state index in [4.69, 9.17) is 9.47 Å². The van der Waals surface area contributed by atoms with Crippen molar-refractivity contribution in [1.82, 2.24) is 14.4 Å². The van der Waals surface area contributed by atoms with E-state index < -0.39 is 0 Å². The van der Waals surface area contributed by atoms with Gasteiger partial charge < -0.3 is 14.8 Å². The van der Waals surface area contributed by atoms with Crippen LogP contribution in [0.15, 0.2) is 18.6 Å². The number of hydrogen-bond acceptors (Lipinski definition) is 5. The predicted molar refractivity (Wildman–Crippen MR) is 73.7 cm³/mol. The Morgan fingerprint density at radius 1 is 1.32 bits per heavy atom. The Kier molecular flexibility index (Phi) is 3.90. The lowest BCUT2D eigenvalue weighted by Gasteiger charge is -2.19. The molecule has 19 heavy (non-hydrogen) atoms. The van der Waals surface area contributed by atoms with Crippen LogP contribution in [-0.2, 0) is 4.74 Å². The van der Waals surface area contributed by atoms with Gasteiger partial charge in [0.25, 0.3) is 5.88 Å². The van der Waals surface area contributed by atoms with Crippen LogP contribution in [0.2, 0.25) is 0 Å². The first-order valence-electron chi connectivity index (χ1n) is 6.28.